The molecule has 0 N–H and O–H groups in total. The molecule has 9 heteroatoms. The van der Waals surface area contributed by atoms with E-state index in [9.17, 15) is 14.4 Å². The molecule has 0 aliphatic carbocycles. The van der Waals surface area contributed by atoms with Crippen LogP contribution in [0.1, 0.15) is 39.5 Å². The zero-order valence-corrected chi connectivity index (χ0v) is 15.5. The number of aromatic nitrogens is 3. The second-order valence-corrected chi connectivity index (χ2v) is 5.81. The largest absolute Gasteiger partial charge is 0.459 e. The van der Waals surface area contributed by atoms with Crippen molar-refractivity contribution in [3.8, 4) is 5.69 Å². The Kier molecular flexibility index (Phi) is 6.64. The van der Waals surface area contributed by atoms with Crippen LogP contribution in [0, 0.1) is 0 Å². The molecule has 27 heavy (non-hydrogen) atoms. The standard InChI is InChI=1S/C18H21N3O6/c1-11(25-12(2)22)17(26-13(3)23)18(27-14(4)24)16-10-19-21(20-16)15-8-6-5-7-9-15/h5-11,17-18H,1-4H3. The molecule has 1 aromatic heterocycles. The van der Waals surface area contributed by atoms with E-state index >= 15 is 0 Å². The van der Waals surface area contributed by atoms with Crippen LogP contribution in [-0.2, 0) is 28.6 Å². The third-order valence-electron chi connectivity index (χ3n) is 3.50. The first-order chi connectivity index (χ1) is 12.8. The summed E-state index contributed by atoms with van der Waals surface area (Å²) in [5, 5.41) is 8.48. The highest BCUT2D eigenvalue weighted by molar-refractivity contribution is 5.68. The lowest BCUT2D eigenvalue weighted by atomic mass is 10.1. The van der Waals surface area contributed by atoms with Gasteiger partial charge >= 0.3 is 17.9 Å². The van der Waals surface area contributed by atoms with Crippen LogP contribution in [0.5, 0.6) is 0 Å². The fraction of sp³-hybridized carbons (Fsp3) is 0.389. The molecule has 2 rings (SSSR count). The summed E-state index contributed by atoms with van der Waals surface area (Å²) in [6, 6.07) is 9.11. The summed E-state index contributed by atoms with van der Waals surface area (Å²) in [5.74, 6) is -1.79. The van der Waals surface area contributed by atoms with Gasteiger partial charge in [-0.15, -0.1) is 5.10 Å². The highest BCUT2D eigenvalue weighted by atomic mass is 16.6. The number of esters is 3. The van der Waals surface area contributed by atoms with Crippen molar-refractivity contribution in [3.05, 3.63) is 42.2 Å². The molecule has 0 aliphatic rings. The van der Waals surface area contributed by atoms with Crippen molar-refractivity contribution in [1.82, 2.24) is 15.0 Å². The first kappa shape index (κ1) is 20.1. The number of ether oxygens (including phenoxy) is 3. The Labute approximate surface area is 156 Å². The molecular weight excluding hydrogens is 354 g/mol. The maximum absolute atomic E-state index is 11.6. The predicted molar refractivity (Wildman–Crippen MR) is 92.6 cm³/mol. The molecular formula is C18H21N3O6. The van der Waals surface area contributed by atoms with Gasteiger partial charge < -0.3 is 14.2 Å². The highest BCUT2D eigenvalue weighted by Gasteiger charge is 2.37. The number of nitrogens with zero attached hydrogens (tertiary/aromatic N) is 3. The summed E-state index contributed by atoms with van der Waals surface area (Å²) < 4.78 is 15.7. The summed E-state index contributed by atoms with van der Waals surface area (Å²) in [6.45, 7) is 5.19. The number of benzene rings is 1. The van der Waals surface area contributed by atoms with Crippen LogP contribution in [0.4, 0.5) is 0 Å². The molecule has 3 atom stereocenters. The van der Waals surface area contributed by atoms with Crippen LogP contribution in [0.3, 0.4) is 0 Å². The Hall–Kier alpha value is -3.23. The van der Waals surface area contributed by atoms with Crippen LogP contribution in [0.15, 0.2) is 36.5 Å². The molecule has 0 bridgehead atoms. The normalized spacial score (nSPS) is 13.9. The van der Waals surface area contributed by atoms with E-state index in [1.165, 1.54) is 38.7 Å². The molecule has 3 unspecified atom stereocenters. The second-order valence-electron chi connectivity index (χ2n) is 5.81. The zero-order chi connectivity index (χ0) is 20.0. The van der Waals surface area contributed by atoms with Gasteiger partial charge in [-0.25, -0.2) is 0 Å². The monoisotopic (exact) mass is 375 g/mol. The minimum absolute atomic E-state index is 0.249. The van der Waals surface area contributed by atoms with Crippen molar-refractivity contribution < 1.29 is 28.6 Å². The number of carbonyl (C=O) groups is 3. The van der Waals surface area contributed by atoms with E-state index in [0.29, 0.717) is 5.69 Å². The summed E-state index contributed by atoms with van der Waals surface area (Å²) in [7, 11) is 0. The highest BCUT2D eigenvalue weighted by Crippen LogP contribution is 2.26. The lowest BCUT2D eigenvalue weighted by molar-refractivity contribution is -0.182. The van der Waals surface area contributed by atoms with E-state index in [4.69, 9.17) is 14.2 Å². The maximum atomic E-state index is 11.6. The van der Waals surface area contributed by atoms with Gasteiger partial charge in [0.1, 0.15) is 11.8 Å². The number of hydrogen-bond donors (Lipinski definition) is 0. The van der Waals surface area contributed by atoms with Crippen molar-refractivity contribution in [2.24, 2.45) is 0 Å². The summed E-state index contributed by atoms with van der Waals surface area (Å²) in [4.78, 5) is 35.8. The quantitative estimate of drug-likeness (QED) is 0.532. The topological polar surface area (TPSA) is 110 Å². The summed E-state index contributed by atoms with van der Waals surface area (Å²) >= 11 is 0. The Balaban J connectivity index is 2.39. The number of para-hydroxylation sites is 1. The molecule has 0 aliphatic heterocycles. The molecule has 144 valence electrons. The number of carbonyl (C=O) groups excluding carboxylic acids is 3. The predicted octanol–water partition coefficient (Wildman–Crippen LogP) is 1.75. The molecule has 2 aromatic rings. The van der Waals surface area contributed by atoms with Gasteiger partial charge in [0, 0.05) is 20.8 Å². The maximum Gasteiger partial charge on any atom is 0.303 e. The van der Waals surface area contributed by atoms with Gasteiger partial charge in [-0.1, -0.05) is 18.2 Å². The molecule has 0 fully saturated rings. The van der Waals surface area contributed by atoms with Crippen molar-refractivity contribution in [3.63, 3.8) is 0 Å². The van der Waals surface area contributed by atoms with Crippen LogP contribution < -0.4 is 0 Å². The van der Waals surface area contributed by atoms with E-state index < -0.39 is 36.2 Å². The number of rotatable bonds is 7. The van der Waals surface area contributed by atoms with Gasteiger partial charge in [-0.05, 0) is 19.1 Å². The third-order valence-corrected chi connectivity index (χ3v) is 3.50. The van der Waals surface area contributed by atoms with Crippen LogP contribution in [-0.4, -0.2) is 45.1 Å². The molecule has 9 nitrogen and oxygen atoms in total. The SMILES string of the molecule is CC(=O)OC(C)C(OC(C)=O)C(OC(C)=O)c1cnn(-c2ccccc2)n1. The molecule has 0 radical (unpaired) electrons. The lowest BCUT2D eigenvalue weighted by Crippen LogP contribution is -2.39. The zero-order valence-electron chi connectivity index (χ0n) is 15.5. The fourth-order valence-electron chi connectivity index (χ4n) is 2.49. The van der Waals surface area contributed by atoms with Gasteiger partial charge in [0.05, 0.1) is 11.9 Å². The van der Waals surface area contributed by atoms with Crippen LogP contribution >= 0.6 is 0 Å². The van der Waals surface area contributed by atoms with Gasteiger partial charge in [0.2, 0.25) is 0 Å². The fourth-order valence-corrected chi connectivity index (χ4v) is 2.49. The van der Waals surface area contributed by atoms with Gasteiger partial charge in [-0.3, -0.25) is 14.4 Å². The van der Waals surface area contributed by atoms with Gasteiger partial charge in [-0.2, -0.15) is 9.90 Å². The Morgan fingerprint density at radius 1 is 0.926 bits per heavy atom. The minimum atomic E-state index is -1.10. The first-order valence-corrected chi connectivity index (χ1v) is 8.27. The Morgan fingerprint density at radius 2 is 1.52 bits per heavy atom. The van der Waals surface area contributed by atoms with Gasteiger partial charge in [0.25, 0.3) is 0 Å². The van der Waals surface area contributed by atoms with Crippen LogP contribution in [0.25, 0.3) is 5.69 Å². The van der Waals surface area contributed by atoms with E-state index in [-0.39, 0.29) is 5.69 Å². The molecule has 0 spiro atoms. The van der Waals surface area contributed by atoms with E-state index in [2.05, 4.69) is 10.2 Å². The van der Waals surface area contributed by atoms with Crippen molar-refractivity contribution in [2.45, 2.75) is 46.0 Å². The molecule has 0 saturated carbocycles. The van der Waals surface area contributed by atoms with Crippen molar-refractivity contribution in [2.75, 3.05) is 0 Å². The minimum Gasteiger partial charge on any atom is -0.459 e. The first-order valence-electron chi connectivity index (χ1n) is 8.27. The van der Waals surface area contributed by atoms with Crippen molar-refractivity contribution in [1.29, 1.82) is 0 Å². The van der Waals surface area contributed by atoms with Gasteiger partial charge in [0.15, 0.2) is 12.2 Å². The summed E-state index contributed by atoms with van der Waals surface area (Å²) in [6.07, 6.45) is -1.66. The van der Waals surface area contributed by atoms with E-state index in [1.807, 2.05) is 18.2 Å². The lowest BCUT2D eigenvalue weighted by Gasteiger charge is -2.28. The molecule has 1 heterocycles. The average Bonchev–Trinajstić information content (AvgIpc) is 3.07. The molecule has 0 amide bonds. The Morgan fingerprint density at radius 3 is 2.07 bits per heavy atom. The second kappa shape index (κ2) is 8.93. The molecule has 1 aromatic carbocycles. The smallest absolute Gasteiger partial charge is 0.303 e. The van der Waals surface area contributed by atoms with Crippen molar-refractivity contribution >= 4 is 17.9 Å². The van der Waals surface area contributed by atoms with E-state index in [1.54, 1.807) is 12.1 Å². The molecule has 0 saturated heterocycles. The van der Waals surface area contributed by atoms with E-state index in [0.717, 1.165) is 0 Å². The summed E-state index contributed by atoms with van der Waals surface area (Å²) in [5.41, 5.74) is 0.946. The third kappa shape index (κ3) is 5.63. The number of hydrogen-bond acceptors (Lipinski definition) is 8. The average molecular weight is 375 g/mol. The van der Waals surface area contributed by atoms with Crippen LogP contribution in [0.2, 0.25) is 0 Å². The Bertz CT molecular complexity index is 804.